The molecule has 3 rings (SSSR count). The zero-order valence-electron chi connectivity index (χ0n) is 15.7. The molecule has 136 valence electrons. The van der Waals surface area contributed by atoms with Crippen LogP contribution in [-0.4, -0.2) is 32.7 Å². The molecule has 0 unspecified atom stereocenters. The molecule has 0 spiro atoms. The molecule has 1 aromatic heterocycles. The monoisotopic (exact) mass is 347 g/mol. The molecule has 2 heterocycles. The third-order valence-electron chi connectivity index (χ3n) is 4.35. The fourth-order valence-electron chi connectivity index (χ4n) is 3.07. The summed E-state index contributed by atoms with van der Waals surface area (Å²) in [6, 6.07) is 7.28. The number of rotatable bonds is 3. The van der Waals surface area contributed by atoms with Gasteiger partial charge in [0.2, 0.25) is 0 Å². The van der Waals surface area contributed by atoms with E-state index in [2.05, 4.69) is 9.88 Å². The van der Waals surface area contributed by atoms with Crippen LogP contribution < -0.4 is 9.80 Å². The maximum absolute atomic E-state index is 13.6. The zero-order valence-corrected chi connectivity index (χ0v) is 15.7. The van der Waals surface area contributed by atoms with Crippen molar-refractivity contribution in [2.45, 2.75) is 33.1 Å². The third-order valence-corrected chi connectivity index (χ3v) is 4.35. The first-order valence-corrected chi connectivity index (χ1v) is 8.77. The molecule has 0 amide bonds. The zero-order chi connectivity index (χ0) is 18.6. The Kier molecular flexibility index (Phi) is 6.34. The van der Waals surface area contributed by atoms with Crippen LogP contribution in [0.3, 0.4) is 0 Å². The van der Waals surface area contributed by atoms with Gasteiger partial charge in [-0.2, -0.15) is 0 Å². The van der Waals surface area contributed by atoms with Gasteiger partial charge in [0.05, 0.1) is 0 Å². The first kappa shape index (κ1) is 19.2. The molecule has 0 radical (unpaired) electrons. The van der Waals surface area contributed by atoms with Crippen LogP contribution >= 0.6 is 0 Å². The van der Waals surface area contributed by atoms with Crippen LogP contribution in [0.25, 0.3) is 11.1 Å². The molecule has 0 aliphatic carbocycles. The highest BCUT2D eigenvalue weighted by molar-refractivity contribution is 5.74. The number of nitrogens with zero attached hydrogens (tertiary/aromatic N) is 3. The number of hydrogen-bond acceptors (Lipinski definition) is 3. The molecule has 1 aromatic carbocycles. The molecule has 0 N–H and O–H groups in total. The number of hydrogen-bond donors (Lipinski definition) is 0. The highest BCUT2D eigenvalue weighted by Crippen LogP contribution is 2.38. The topological polar surface area (TPSA) is 19.4 Å². The molecule has 3 nitrogen and oxygen atoms in total. The normalized spacial score (nSPS) is 13.2. The lowest BCUT2D eigenvalue weighted by Crippen LogP contribution is -2.25. The van der Waals surface area contributed by atoms with E-state index in [1.165, 1.54) is 0 Å². The van der Waals surface area contributed by atoms with E-state index in [0.717, 1.165) is 42.0 Å². The number of aryl methyl sites for hydroxylation is 1. The Bertz CT molecular complexity index is 697. The van der Waals surface area contributed by atoms with Crippen LogP contribution in [0.4, 0.5) is 20.3 Å². The van der Waals surface area contributed by atoms with Gasteiger partial charge in [0.15, 0.2) is 0 Å². The number of halogens is 2. The van der Waals surface area contributed by atoms with Crippen molar-refractivity contribution < 1.29 is 8.78 Å². The summed E-state index contributed by atoms with van der Waals surface area (Å²) in [5.41, 5.74) is 3.47. The molecule has 0 bridgehead atoms. The number of anilines is 2. The van der Waals surface area contributed by atoms with Gasteiger partial charge in [-0.3, -0.25) is 0 Å². The summed E-state index contributed by atoms with van der Waals surface area (Å²) in [5.74, 6) is 0.810. The second-order valence-electron chi connectivity index (χ2n) is 6.19. The Morgan fingerprint density at radius 3 is 2.44 bits per heavy atom. The van der Waals surface area contributed by atoms with Crippen LogP contribution in [0.5, 0.6) is 0 Å². The lowest BCUT2D eigenvalue weighted by molar-refractivity contribution is 0.152. The first-order chi connectivity index (χ1) is 12.0. The van der Waals surface area contributed by atoms with Crippen molar-refractivity contribution in [3.63, 3.8) is 0 Å². The lowest BCUT2D eigenvalue weighted by atomic mass is 9.93. The standard InChI is InChI=1S/C18H21F2N3.C2H6/c1-22(2)17-7-6-13(11-21-17)14-9-12-5-4-8-23(3)16(12)10-15(14)18(19)20;1-2/h6-7,9-11,18H,4-5,8H2,1-3H3;1-2H3. The lowest BCUT2D eigenvalue weighted by Gasteiger charge is -2.29. The highest BCUT2D eigenvalue weighted by atomic mass is 19.3. The van der Waals surface area contributed by atoms with Gasteiger partial charge in [-0.05, 0) is 48.2 Å². The van der Waals surface area contributed by atoms with Gasteiger partial charge in [0.1, 0.15) is 5.82 Å². The number of fused-ring (bicyclic) bond motifs is 1. The fourth-order valence-corrected chi connectivity index (χ4v) is 3.07. The summed E-state index contributed by atoms with van der Waals surface area (Å²) in [4.78, 5) is 8.30. The van der Waals surface area contributed by atoms with Crippen molar-refractivity contribution >= 4 is 11.5 Å². The number of aromatic nitrogens is 1. The van der Waals surface area contributed by atoms with E-state index < -0.39 is 6.43 Å². The molecular weight excluding hydrogens is 320 g/mol. The van der Waals surface area contributed by atoms with Gasteiger partial charge in [-0.15, -0.1) is 0 Å². The predicted octanol–water partition coefficient (Wildman–Crippen LogP) is 5.16. The maximum atomic E-state index is 13.6. The van der Waals surface area contributed by atoms with E-state index in [4.69, 9.17) is 0 Å². The maximum Gasteiger partial charge on any atom is 0.264 e. The van der Waals surface area contributed by atoms with E-state index in [1.807, 2.05) is 58.1 Å². The molecule has 5 heteroatoms. The van der Waals surface area contributed by atoms with Crippen LogP contribution in [0, 0.1) is 0 Å². The van der Waals surface area contributed by atoms with E-state index >= 15 is 0 Å². The molecule has 1 aliphatic heterocycles. The minimum absolute atomic E-state index is 0.0805. The Morgan fingerprint density at radius 2 is 1.88 bits per heavy atom. The predicted molar refractivity (Wildman–Crippen MR) is 102 cm³/mol. The van der Waals surface area contributed by atoms with E-state index in [9.17, 15) is 8.78 Å². The summed E-state index contributed by atoms with van der Waals surface area (Å²) in [6.45, 7) is 4.91. The van der Waals surface area contributed by atoms with Crippen molar-refractivity contribution in [2.75, 3.05) is 37.5 Å². The van der Waals surface area contributed by atoms with E-state index in [1.54, 1.807) is 12.3 Å². The third kappa shape index (κ3) is 4.09. The van der Waals surface area contributed by atoms with E-state index in [0.29, 0.717) is 5.56 Å². The molecule has 2 aromatic rings. The average Bonchev–Trinajstić information content (AvgIpc) is 2.63. The molecule has 0 saturated carbocycles. The molecule has 25 heavy (non-hydrogen) atoms. The van der Waals surface area contributed by atoms with Gasteiger partial charge < -0.3 is 9.80 Å². The minimum Gasteiger partial charge on any atom is -0.374 e. The smallest absolute Gasteiger partial charge is 0.264 e. The summed E-state index contributed by atoms with van der Waals surface area (Å²) in [6.07, 6.45) is 1.16. The fraction of sp³-hybridized carbons (Fsp3) is 0.450. The Balaban J connectivity index is 0.00000109. The van der Waals surface area contributed by atoms with Crippen LogP contribution in [-0.2, 0) is 6.42 Å². The van der Waals surface area contributed by atoms with Gasteiger partial charge in [0.25, 0.3) is 6.43 Å². The SMILES string of the molecule is CC.CN(C)c1ccc(-c2cc3c(cc2C(F)F)N(C)CCC3)cn1. The number of pyridine rings is 1. The first-order valence-electron chi connectivity index (χ1n) is 8.77. The Morgan fingerprint density at radius 1 is 1.16 bits per heavy atom. The van der Waals surface area contributed by atoms with Gasteiger partial charge in [0, 0.05) is 50.7 Å². The van der Waals surface area contributed by atoms with Crippen LogP contribution in [0.2, 0.25) is 0 Å². The molecule has 0 saturated heterocycles. The molecule has 1 aliphatic rings. The van der Waals surface area contributed by atoms with Crippen LogP contribution in [0.1, 0.15) is 37.8 Å². The number of benzene rings is 1. The van der Waals surface area contributed by atoms with Gasteiger partial charge in [-0.1, -0.05) is 13.8 Å². The Labute approximate surface area is 149 Å². The molecule has 0 fully saturated rings. The van der Waals surface area contributed by atoms with Crippen molar-refractivity contribution in [3.05, 3.63) is 41.6 Å². The molecule has 0 atom stereocenters. The second kappa shape index (κ2) is 8.28. The van der Waals surface area contributed by atoms with Crippen LogP contribution in [0.15, 0.2) is 30.5 Å². The summed E-state index contributed by atoms with van der Waals surface area (Å²) in [5, 5.41) is 0. The largest absolute Gasteiger partial charge is 0.374 e. The van der Waals surface area contributed by atoms with Crippen molar-refractivity contribution in [1.82, 2.24) is 4.98 Å². The van der Waals surface area contributed by atoms with E-state index in [-0.39, 0.29) is 5.56 Å². The summed E-state index contributed by atoms with van der Waals surface area (Å²) < 4.78 is 27.1. The average molecular weight is 347 g/mol. The minimum atomic E-state index is -2.50. The summed E-state index contributed by atoms with van der Waals surface area (Å²) in [7, 11) is 5.77. The second-order valence-corrected chi connectivity index (χ2v) is 6.19. The highest BCUT2D eigenvalue weighted by Gasteiger charge is 2.21. The van der Waals surface area contributed by atoms with Gasteiger partial charge >= 0.3 is 0 Å². The number of alkyl halides is 2. The van der Waals surface area contributed by atoms with Gasteiger partial charge in [-0.25, -0.2) is 13.8 Å². The van der Waals surface area contributed by atoms with Crippen molar-refractivity contribution in [2.24, 2.45) is 0 Å². The summed E-state index contributed by atoms with van der Waals surface area (Å²) >= 11 is 0. The quantitative estimate of drug-likeness (QED) is 0.764. The van der Waals surface area contributed by atoms with Crippen molar-refractivity contribution in [1.29, 1.82) is 0 Å². The Hall–Kier alpha value is -2.17. The van der Waals surface area contributed by atoms with Crippen molar-refractivity contribution in [3.8, 4) is 11.1 Å². The molecular formula is C20H27F2N3.